The highest BCUT2D eigenvalue weighted by Crippen LogP contribution is 2.34. The summed E-state index contributed by atoms with van der Waals surface area (Å²) in [7, 11) is 1.64. The highest BCUT2D eigenvalue weighted by molar-refractivity contribution is 8.00. The van der Waals surface area contributed by atoms with Gasteiger partial charge in [0.2, 0.25) is 0 Å². The summed E-state index contributed by atoms with van der Waals surface area (Å²) in [6.45, 7) is 4.50. The summed E-state index contributed by atoms with van der Waals surface area (Å²) in [4.78, 5) is 4.17. The largest absolute Gasteiger partial charge is 0.573 e. The molecule has 0 spiro atoms. The van der Waals surface area contributed by atoms with Crippen LogP contribution in [0, 0.1) is 0 Å². The van der Waals surface area contributed by atoms with Crippen molar-refractivity contribution in [3.63, 3.8) is 0 Å². The Hall–Kier alpha value is -1.61. The Labute approximate surface area is 162 Å². The van der Waals surface area contributed by atoms with Crippen molar-refractivity contribution in [1.82, 2.24) is 10.6 Å². The maximum atomic E-state index is 12.5. The molecule has 0 amide bonds. The van der Waals surface area contributed by atoms with Gasteiger partial charge in [-0.1, -0.05) is 25.1 Å². The number of hydrogen-bond acceptors (Lipinski definition) is 4. The number of rotatable bonds is 7. The Morgan fingerprint density at radius 1 is 1.26 bits per heavy atom. The second-order valence-electron chi connectivity index (χ2n) is 6.16. The molecule has 0 radical (unpaired) electrons. The molecule has 0 aliphatic carbocycles. The average Bonchev–Trinajstić information content (AvgIpc) is 2.63. The molecule has 2 rings (SSSR count). The molecule has 152 valence electrons. The van der Waals surface area contributed by atoms with E-state index in [0.29, 0.717) is 11.5 Å². The minimum atomic E-state index is -4.72. The molecule has 1 fully saturated rings. The molecule has 1 aliphatic rings. The molecule has 1 saturated heterocycles. The number of nitrogens with one attached hydrogen (secondary N) is 2. The van der Waals surface area contributed by atoms with Crippen LogP contribution < -0.4 is 15.4 Å². The molecule has 0 atom stereocenters. The van der Waals surface area contributed by atoms with Gasteiger partial charge in [-0.25, -0.2) is 0 Å². The fourth-order valence-electron chi connectivity index (χ4n) is 2.94. The predicted molar refractivity (Wildman–Crippen MR) is 102 cm³/mol. The molecule has 0 saturated carbocycles. The van der Waals surface area contributed by atoms with Gasteiger partial charge in [-0.05, 0) is 24.7 Å². The van der Waals surface area contributed by atoms with Gasteiger partial charge in [-0.15, -0.1) is 13.2 Å². The third kappa shape index (κ3) is 7.14. The third-order valence-corrected chi connectivity index (χ3v) is 5.75. The van der Waals surface area contributed by atoms with Crippen molar-refractivity contribution in [3.05, 3.63) is 29.8 Å². The molecule has 2 N–H and O–H groups in total. The summed E-state index contributed by atoms with van der Waals surface area (Å²) in [6.07, 6.45) is -2.81. The SMILES string of the molecule is CCSC1(CNC(=NC)NCc2ccccc2OC(F)(F)F)CCOCC1. The Balaban J connectivity index is 1.94. The van der Waals surface area contributed by atoms with E-state index in [0.717, 1.165) is 38.4 Å². The molecule has 1 aromatic carbocycles. The van der Waals surface area contributed by atoms with Crippen molar-refractivity contribution < 1.29 is 22.6 Å². The first kappa shape index (κ1) is 21.7. The van der Waals surface area contributed by atoms with Crippen LogP contribution in [0.25, 0.3) is 0 Å². The fourth-order valence-corrected chi connectivity index (χ4v) is 4.18. The van der Waals surface area contributed by atoms with Crippen molar-refractivity contribution >= 4 is 17.7 Å². The van der Waals surface area contributed by atoms with E-state index in [1.807, 2.05) is 11.8 Å². The third-order valence-electron chi connectivity index (χ3n) is 4.30. The van der Waals surface area contributed by atoms with Crippen LogP contribution in [0.5, 0.6) is 5.75 Å². The molecule has 0 aromatic heterocycles. The number of thioether (sulfide) groups is 1. The summed E-state index contributed by atoms with van der Waals surface area (Å²) in [5, 5.41) is 6.36. The van der Waals surface area contributed by atoms with Crippen LogP contribution >= 0.6 is 11.8 Å². The Kier molecular flexibility index (Phi) is 8.09. The number of alkyl halides is 3. The standard InChI is InChI=1S/C18H26F3N3O2S/c1-3-27-17(8-10-25-11-9-17)13-24-16(22-2)23-12-14-6-4-5-7-15(14)26-18(19,20)21/h4-7H,3,8-13H2,1-2H3,(H2,22,23,24). The van der Waals surface area contributed by atoms with E-state index in [4.69, 9.17) is 4.74 Å². The molecule has 9 heteroatoms. The summed E-state index contributed by atoms with van der Waals surface area (Å²) in [6, 6.07) is 6.07. The Morgan fingerprint density at radius 3 is 2.59 bits per heavy atom. The number of benzene rings is 1. The van der Waals surface area contributed by atoms with E-state index in [1.165, 1.54) is 12.1 Å². The smallest absolute Gasteiger partial charge is 0.405 e. The molecule has 1 aromatic rings. The van der Waals surface area contributed by atoms with E-state index in [1.54, 1.807) is 19.2 Å². The van der Waals surface area contributed by atoms with Crippen LogP contribution in [0.1, 0.15) is 25.3 Å². The number of halogens is 3. The fraction of sp³-hybridized carbons (Fsp3) is 0.611. The number of nitrogens with zero attached hydrogens (tertiary/aromatic N) is 1. The van der Waals surface area contributed by atoms with Gasteiger partial charge in [-0.2, -0.15) is 11.8 Å². The van der Waals surface area contributed by atoms with Crippen molar-refractivity contribution in [3.8, 4) is 5.75 Å². The van der Waals surface area contributed by atoms with Crippen LogP contribution in [0.15, 0.2) is 29.3 Å². The molecule has 0 unspecified atom stereocenters. The minimum Gasteiger partial charge on any atom is -0.405 e. The molecular formula is C18H26F3N3O2S. The minimum absolute atomic E-state index is 0.0852. The van der Waals surface area contributed by atoms with E-state index >= 15 is 0 Å². The molecule has 1 heterocycles. The lowest BCUT2D eigenvalue weighted by molar-refractivity contribution is -0.274. The summed E-state index contributed by atoms with van der Waals surface area (Å²) < 4.78 is 47.2. The summed E-state index contributed by atoms with van der Waals surface area (Å²) in [5.74, 6) is 1.34. The maximum absolute atomic E-state index is 12.5. The lowest BCUT2D eigenvalue weighted by atomic mass is 9.99. The number of hydrogen-bond donors (Lipinski definition) is 2. The van der Waals surface area contributed by atoms with Crippen molar-refractivity contribution in [2.24, 2.45) is 4.99 Å². The highest BCUT2D eigenvalue weighted by atomic mass is 32.2. The van der Waals surface area contributed by atoms with Crippen molar-refractivity contribution in [2.45, 2.75) is 37.4 Å². The highest BCUT2D eigenvalue weighted by Gasteiger charge is 2.33. The first-order valence-corrected chi connectivity index (χ1v) is 9.86. The number of ether oxygens (including phenoxy) is 2. The van der Waals surface area contributed by atoms with Crippen LogP contribution in [-0.4, -0.2) is 49.6 Å². The van der Waals surface area contributed by atoms with Crippen LogP contribution in [0.2, 0.25) is 0 Å². The first-order chi connectivity index (χ1) is 12.9. The first-order valence-electron chi connectivity index (χ1n) is 8.87. The quantitative estimate of drug-likeness (QED) is 0.537. The van der Waals surface area contributed by atoms with E-state index in [-0.39, 0.29) is 17.0 Å². The van der Waals surface area contributed by atoms with Gasteiger partial charge in [0.15, 0.2) is 5.96 Å². The maximum Gasteiger partial charge on any atom is 0.573 e. The van der Waals surface area contributed by atoms with Crippen molar-refractivity contribution in [2.75, 3.05) is 32.6 Å². The van der Waals surface area contributed by atoms with E-state index in [2.05, 4.69) is 27.3 Å². The lowest BCUT2D eigenvalue weighted by Gasteiger charge is -2.37. The van der Waals surface area contributed by atoms with Crippen molar-refractivity contribution in [1.29, 1.82) is 0 Å². The monoisotopic (exact) mass is 405 g/mol. The van der Waals surface area contributed by atoms with Gasteiger partial charge in [0, 0.05) is 43.7 Å². The van der Waals surface area contributed by atoms with Gasteiger partial charge in [0.05, 0.1) is 0 Å². The van der Waals surface area contributed by atoms with Gasteiger partial charge in [-0.3, -0.25) is 4.99 Å². The van der Waals surface area contributed by atoms with E-state index < -0.39 is 6.36 Å². The second-order valence-corrected chi connectivity index (χ2v) is 7.90. The van der Waals surface area contributed by atoms with Gasteiger partial charge < -0.3 is 20.1 Å². The predicted octanol–water partition coefficient (Wildman–Crippen LogP) is 3.55. The van der Waals surface area contributed by atoms with Crippen LogP contribution in [0.3, 0.4) is 0 Å². The number of para-hydroxylation sites is 1. The zero-order valence-corrected chi connectivity index (χ0v) is 16.4. The number of guanidine groups is 1. The molecule has 1 aliphatic heterocycles. The number of aliphatic imine (C=N–C) groups is 1. The summed E-state index contributed by atoms with van der Waals surface area (Å²) in [5.41, 5.74) is 0.404. The van der Waals surface area contributed by atoms with Gasteiger partial charge >= 0.3 is 6.36 Å². The zero-order chi connectivity index (χ0) is 19.8. The molecule has 27 heavy (non-hydrogen) atoms. The average molecular weight is 405 g/mol. The molecule has 5 nitrogen and oxygen atoms in total. The topological polar surface area (TPSA) is 54.9 Å². The normalized spacial score (nSPS) is 17.4. The summed E-state index contributed by atoms with van der Waals surface area (Å²) >= 11 is 1.91. The van der Waals surface area contributed by atoms with Gasteiger partial charge in [0.25, 0.3) is 0 Å². The van der Waals surface area contributed by atoms with Gasteiger partial charge in [0.1, 0.15) is 5.75 Å². The van der Waals surface area contributed by atoms with Crippen LogP contribution in [-0.2, 0) is 11.3 Å². The van der Waals surface area contributed by atoms with Crippen LogP contribution in [0.4, 0.5) is 13.2 Å². The molecular weight excluding hydrogens is 379 g/mol. The lowest BCUT2D eigenvalue weighted by Crippen LogP contribution is -2.48. The zero-order valence-electron chi connectivity index (χ0n) is 15.6. The molecule has 0 bridgehead atoms. The Bertz CT molecular complexity index is 615. The second kappa shape index (κ2) is 10.1. The Morgan fingerprint density at radius 2 is 1.96 bits per heavy atom. The van der Waals surface area contributed by atoms with E-state index in [9.17, 15) is 13.2 Å².